The van der Waals surface area contributed by atoms with E-state index in [0.29, 0.717) is 57.9 Å². The zero-order valence-electron chi connectivity index (χ0n) is 31.7. The first-order chi connectivity index (χ1) is 26.3. The molecule has 1 aromatic heterocycles. The summed E-state index contributed by atoms with van der Waals surface area (Å²) in [6.45, 7) is 5.10. The molecule has 0 aliphatic carbocycles. The molecule has 0 saturated carbocycles. The average molecular weight is 765 g/mol. The van der Waals surface area contributed by atoms with Gasteiger partial charge in [-0.2, -0.15) is 0 Å². The smallest absolute Gasteiger partial charge is 0.326 e. The minimum atomic E-state index is -1.21. The van der Waals surface area contributed by atoms with Crippen molar-refractivity contribution in [1.82, 2.24) is 30.3 Å². The Morgan fingerprint density at radius 1 is 0.855 bits per heavy atom. The van der Waals surface area contributed by atoms with Crippen LogP contribution in [0.15, 0.2) is 35.5 Å². The fraction of sp³-hybridized carbons (Fsp3) is 0.605. The number of likely N-dealkylation sites (tertiary alicyclic amines) is 3. The number of aromatic nitrogens is 1. The van der Waals surface area contributed by atoms with Crippen molar-refractivity contribution in [3.8, 4) is 0 Å². The summed E-state index contributed by atoms with van der Waals surface area (Å²) >= 11 is 0. The van der Waals surface area contributed by atoms with Gasteiger partial charge in [-0.3, -0.25) is 29.0 Å². The van der Waals surface area contributed by atoms with Crippen LogP contribution in [0.4, 0.5) is 0 Å². The van der Waals surface area contributed by atoms with Gasteiger partial charge in [-0.15, -0.1) is 0 Å². The number of hydrogen-bond donors (Lipinski definition) is 7. The van der Waals surface area contributed by atoms with Crippen LogP contribution >= 0.6 is 0 Å². The lowest BCUT2D eigenvalue weighted by atomic mass is 10.0. The zero-order chi connectivity index (χ0) is 39.8. The van der Waals surface area contributed by atoms with Crippen molar-refractivity contribution in [2.75, 3.05) is 26.2 Å². The molecule has 10 N–H and O–H groups in total. The summed E-state index contributed by atoms with van der Waals surface area (Å²) < 4.78 is 0. The van der Waals surface area contributed by atoms with E-state index in [9.17, 15) is 33.9 Å². The van der Waals surface area contributed by atoms with E-state index in [2.05, 4.69) is 20.6 Å². The fourth-order valence-corrected chi connectivity index (χ4v) is 8.12. The highest BCUT2D eigenvalue weighted by atomic mass is 16.4. The van der Waals surface area contributed by atoms with Gasteiger partial charge >= 0.3 is 5.97 Å². The molecule has 55 heavy (non-hydrogen) atoms. The molecule has 0 radical (unpaired) electrons. The molecular formula is C38H56N10O7. The first-order valence-corrected chi connectivity index (χ1v) is 19.4. The molecular weight excluding hydrogens is 708 g/mol. The number of guanidine groups is 1. The second kappa shape index (κ2) is 18.4. The number of nitrogens with zero attached hydrogens (tertiary/aromatic N) is 4. The third-order valence-electron chi connectivity index (χ3n) is 10.8. The second-order valence-corrected chi connectivity index (χ2v) is 15.3. The van der Waals surface area contributed by atoms with E-state index in [0.717, 1.165) is 16.5 Å². The molecule has 2 aromatic rings. The Labute approximate surface area is 320 Å². The topological polar surface area (TPSA) is 263 Å². The van der Waals surface area contributed by atoms with Crippen LogP contribution in [-0.4, -0.2) is 129 Å². The molecule has 0 unspecified atom stereocenters. The van der Waals surface area contributed by atoms with Gasteiger partial charge < -0.3 is 52.6 Å². The van der Waals surface area contributed by atoms with Gasteiger partial charge in [0.25, 0.3) is 0 Å². The number of hydrogen-bond acceptors (Lipinski definition) is 8. The minimum Gasteiger partial charge on any atom is -0.480 e. The lowest BCUT2D eigenvalue weighted by Gasteiger charge is -2.34. The number of aliphatic imine (C=N–C) groups is 1. The number of H-pyrrole nitrogens is 1. The van der Waals surface area contributed by atoms with Crippen molar-refractivity contribution in [2.24, 2.45) is 28.1 Å². The fourth-order valence-electron chi connectivity index (χ4n) is 8.12. The SMILES string of the molecule is CC(C)C[C@H](N)C(=O)N1CCC[C@H]1C(=O)N[C@@H](Cc1c[nH]c2ccccc12)C(=O)N1CCC[C@H]1C(=O)N1CCC[C@H]1C(=O)N[C@@H](CCCN=C(N)N)C(=O)O. The van der Waals surface area contributed by atoms with Crippen molar-refractivity contribution in [1.29, 1.82) is 0 Å². The Kier molecular flexibility index (Phi) is 13.7. The number of carboxylic acid groups (broad SMARTS) is 1. The molecule has 1 aromatic carbocycles. The number of carboxylic acids is 1. The largest absolute Gasteiger partial charge is 0.480 e. The molecule has 4 heterocycles. The molecule has 5 amide bonds. The molecule has 3 saturated heterocycles. The van der Waals surface area contributed by atoms with E-state index in [1.165, 1.54) is 14.7 Å². The molecule has 3 fully saturated rings. The highest BCUT2D eigenvalue weighted by molar-refractivity contribution is 5.97. The van der Waals surface area contributed by atoms with Crippen LogP contribution in [0.5, 0.6) is 0 Å². The van der Waals surface area contributed by atoms with Crippen LogP contribution in [0.1, 0.15) is 77.2 Å². The minimum absolute atomic E-state index is 0.0878. The number of aromatic amines is 1. The molecule has 6 atom stereocenters. The lowest BCUT2D eigenvalue weighted by Crippen LogP contribution is -2.59. The molecule has 3 aliphatic heterocycles. The summed E-state index contributed by atoms with van der Waals surface area (Å²) in [6.07, 6.45) is 5.66. The number of nitrogens with two attached hydrogens (primary N) is 3. The van der Waals surface area contributed by atoms with Crippen molar-refractivity contribution in [3.63, 3.8) is 0 Å². The molecule has 17 heteroatoms. The molecule has 0 spiro atoms. The van der Waals surface area contributed by atoms with Crippen LogP contribution in [-0.2, 0) is 35.2 Å². The second-order valence-electron chi connectivity index (χ2n) is 15.3. The number of benzene rings is 1. The van der Waals surface area contributed by atoms with E-state index >= 15 is 0 Å². The number of fused-ring (bicyclic) bond motifs is 1. The first-order valence-electron chi connectivity index (χ1n) is 19.4. The summed E-state index contributed by atoms with van der Waals surface area (Å²) in [5.74, 6) is -3.29. The van der Waals surface area contributed by atoms with E-state index < -0.39 is 65.8 Å². The van der Waals surface area contributed by atoms with Gasteiger partial charge in [0.2, 0.25) is 29.5 Å². The van der Waals surface area contributed by atoms with Gasteiger partial charge in [-0.25, -0.2) is 4.79 Å². The first kappa shape index (κ1) is 41.0. The Bertz CT molecular complexity index is 1760. The Morgan fingerprint density at radius 3 is 2.07 bits per heavy atom. The summed E-state index contributed by atoms with van der Waals surface area (Å²) in [5, 5.41) is 16.2. The van der Waals surface area contributed by atoms with Crippen molar-refractivity contribution >= 4 is 52.4 Å². The number of amides is 5. The predicted molar refractivity (Wildman–Crippen MR) is 205 cm³/mol. The number of carbonyl (C=O) groups excluding carboxylic acids is 5. The number of aliphatic carboxylic acids is 1. The average Bonchev–Trinajstić information content (AvgIpc) is 3.98. The van der Waals surface area contributed by atoms with Gasteiger partial charge in [0, 0.05) is 49.7 Å². The maximum atomic E-state index is 14.6. The van der Waals surface area contributed by atoms with Crippen LogP contribution in [0, 0.1) is 5.92 Å². The Balaban J connectivity index is 1.33. The van der Waals surface area contributed by atoms with Gasteiger partial charge in [0.05, 0.1) is 6.04 Å². The number of nitrogens with one attached hydrogen (secondary N) is 3. The third-order valence-corrected chi connectivity index (χ3v) is 10.8. The predicted octanol–water partition coefficient (Wildman–Crippen LogP) is 0.165. The van der Waals surface area contributed by atoms with Gasteiger partial charge in [-0.1, -0.05) is 32.0 Å². The summed E-state index contributed by atoms with van der Waals surface area (Å²) in [7, 11) is 0. The summed E-state index contributed by atoms with van der Waals surface area (Å²) in [6, 6.07) is 2.06. The summed E-state index contributed by atoms with van der Waals surface area (Å²) in [4.78, 5) is 93.1. The molecule has 0 bridgehead atoms. The van der Waals surface area contributed by atoms with Crippen LogP contribution in [0.3, 0.4) is 0 Å². The van der Waals surface area contributed by atoms with Crippen molar-refractivity contribution in [3.05, 3.63) is 36.0 Å². The molecule has 5 rings (SSSR count). The van der Waals surface area contributed by atoms with Gasteiger partial charge in [0.1, 0.15) is 30.2 Å². The van der Waals surface area contributed by atoms with E-state index in [4.69, 9.17) is 17.2 Å². The number of rotatable bonds is 16. The zero-order valence-corrected chi connectivity index (χ0v) is 31.7. The molecule has 3 aliphatic rings. The highest BCUT2D eigenvalue weighted by Crippen LogP contribution is 2.28. The molecule has 17 nitrogen and oxygen atoms in total. The summed E-state index contributed by atoms with van der Waals surface area (Å²) in [5.41, 5.74) is 18.6. The monoisotopic (exact) mass is 764 g/mol. The maximum Gasteiger partial charge on any atom is 0.326 e. The van der Waals surface area contributed by atoms with Gasteiger partial charge in [0.15, 0.2) is 5.96 Å². The number of para-hydroxylation sites is 1. The van der Waals surface area contributed by atoms with Crippen molar-refractivity contribution < 1.29 is 33.9 Å². The maximum absolute atomic E-state index is 14.6. The normalized spacial score (nSPS) is 21.4. The van der Waals surface area contributed by atoms with Crippen molar-refractivity contribution in [2.45, 2.75) is 114 Å². The Hall–Kier alpha value is -5.19. The van der Waals surface area contributed by atoms with Crippen LogP contribution < -0.4 is 27.8 Å². The quantitative estimate of drug-likeness (QED) is 0.0692. The van der Waals surface area contributed by atoms with E-state index in [1.54, 1.807) is 6.20 Å². The third kappa shape index (κ3) is 9.92. The lowest BCUT2D eigenvalue weighted by molar-refractivity contribution is -0.149. The standard InChI is InChI=1S/C38H56N10O7/c1-22(2)19-25(39)34(51)46-16-6-12-29(46)33(50)45-28(20-23-21-43-26-10-4-3-9-24(23)26)35(52)48-18-8-14-31(48)36(53)47-17-7-13-30(47)32(49)44-27(37(54)55)11-5-15-42-38(40)41/h3-4,9-10,21-22,25,27-31,43H,5-8,11-20,39H2,1-2H3,(H,44,49)(H,45,50)(H,54,55)(H4,40,41,42)/t25-,27-,28-,29-,30-,31-/m0/s1. The Morgan fingerprint density at radius 2 is 1.44 bits per heavy atom. The van der Waals surface area contributed by atoms with Crippen LogP contribution in [0.25, 0.3) is 10.9 Å². The highest BCUT2D eigenvalue weighted by Gasteiger charge is 2.45. The number of carbonyl (C=O) groups is 6. The van der Waals surface area contributed by atoms with E-state index in [1.807, 2.05) is 38.1 Å². The van der Waals surface area contributed by atoms with Gasteiger partial charge in [-0.05, 0) is 75.3 Å². The van der Waals surface area contributed by atoms with E-state index in [-0.39, 0.29) is 50.3 Å². The van der Waals surface area contributed by atoms with Crippen LogP contribution in [0.2, 0.25) is 0 Å². The molecule has 300 valence electrons.